The molecular formula is C26H30N6O4. The molecule has 0 saturated carbocycles. The number of hydrogen-bond acceptors (Lipinski definition) is 8. The molecule has 0 aliphatic carbocycles. The van der Waals surface area contributed by atoms with Crippen LogP contribution >= 0.6 is 0 Å². The molecule has 0 unspecified atom stereocenters. The van der Waals surface area contributed by atoms with Gasteiger partial charge in [0.25, 0.3) is 5.91 Å². The van der Waals surface area contributed by atoms with Crippen molar-refractivity contribution >= 4 is 28.2 Å². The molecule has 0 atom stereocenters. The minimum absolute atomic E-state index is 0.190. The molecular weight excluding hydrogens is 460 g/mol. The number of oxazole rings is 1. The van der Waals surface area contributed by atoms with Crippen LogP contribution in [-0.2, 0) is 11.3 Å². The van der Waals surface area contributed by atoms with Gasteiger partial charge < -0.3 is 24.5 Å². The first-order chi connectivity index (χ1) is 17.5. The maximum absolute atomic E-state index is 13.2. The second-order valence-electron chi connectivity index (χ2n) is 9.04. The van der Waals surface area contributed by atoms with Gasteiger partial charge in [0.1, 0.15) is 6.26 Å². The van der Waals surface area contributed by atoms with E-state index in [-0.39, 0.29) is 17.7 Å². The summed E-state index contributed by atoms with van der Waals surface area (Å²) in [6, 6.07) is 7.66. The number of hydrogen-bond donors (Lipinski definition) is 2. The van der Waals surface area contributed by atoms with Crippen LogP contribution in [0, 0.1) is 6.92 Å². The average molecular weight is 491 g/mol. The van der Waals surface area contributed by atoms with E-state index in [1.54, 1.807) is 19.4 Å². The maximum Gasteiger partial charge on any atom is 0.277 e. The first-order valence-corrected chi connectivity index (χ1v) is 12.1. The van der Waals surface area contributed by atoms with E-state index in [0.29, 0.717) is 44.1 Å². The van der Waals surface area contributed by atoms with Crippen LogP contribution in [0.15, 0.2) is 47.3 Å². The van der Waals surface area contributed by atoms with Crippen LogP contribution in [-0.4, -0.2) is 63.7 Å². The number of ether oxygens (including phenoxy) is 1. The fraction of sp³-hybridized carbons (Fsp3) is 0.385. The van der Waals surface area contributed by atoms with Crippen LogP contribution in [0.4, 0.5) is 11.4 Å². The molecule has 3 aromatic heterocycles. The first kappa shape index (κ1) is 24.0. The number of nitrogens with one attached hydrogen (secondary N) is 1. The Hall–Kier alpha value is -3.76. The molecule has 1 aliphatic rings. The van der Waals surface area contributed by atoms with Crippen LogP contribution in [0.5, 0.6) is 0 Å². The third-order valence-electron chi connectivity index (χ3n) is 6.41. The number of anilines is 2. The Morgan fingerprint density at radius 3 is 2.89 bits per heavy atom. The van der Waals surface area contributed by atoms with Crippen molar-refractivity contribution in [2.75, 3.05) is 37.0 Å². The highest BCUT2D eigenvalue weighted by molar-refractivity contribution is 6.06. The lowest BCUT2D eigenvalue weighted by atomic mass is 10.1. The number of methoxy groups -OCH3 is 1. The van der Waals surface area contributed by atoms with Gasteiger partial charge in [-0.15, -0.1) is 0 Å². The van der Waals surface area contributed by atoms with E-state index in [1.165, 1.54) is 6.26 Å². The van der Waals surface area contributed by atoms with Crippen molar-refractivity contribution in [2.24, 2.45) is 0 Å². The number of rotatable bonds is 8. The summed E-state index contributed by atoms with van der Waals surface area (Å²) >= 11 is 0. The fourth-order valence-corrected chi connectivity index (χ4v) is 4.50. The fourth-order valence-electron chi connectivity index (χ4n) is 4.50. The minimum Gasteiger partial charge on any atom is -0.444 e. The Labute approximate surface area is 208 Å². The lowest BCUT2D eigenvalue weighted by Crippen LogP contribution is -2.36. The molecule has 1 fully saturated rings. The van der Waals surface area contributed by atoms with Gasteiger partial charge in [-0.1, -0.05) is 0 Å². The molecule has 2 N–H and O–H groups in total. The third kappa shape index (κ3) is 5.09. The van der Waals surface area contributed by atoms with Crippen molar-refractivity contribution in [3.63, 3.8) is 0 Å². The molecule has 4 aromatic rings. The summed E-state index contributed by atoms with van der Waals surface area (Å²) in [5.74, 6) is 0.00425. The third-order valence-corrected chi connectivity index (χ3v) is 6.41. The Morgan fingerprint density at radius 2 is 2.11 bits per heavy atom. The van der Waals surface area contributed by atoms with E-state index in [2.05, 4.69) is 31.3 Å². The molecule has 5 rings (SSSR count). The van der Waals surface area contributed by atoms with Gasteiger partial charge in [0.15, 0.2) is 5.69 Å². The van der Waals surface area contributed by atoms with Gasteiger partial charge in [0, 0.05) is 56.2 Å². The number of carbonyl (C=O) groups excluding carboxylic acids is 1. The number of aliphatic hydroxyl groups is 1. The normalized spacial score (nSPS) is 14.5. The highest BCUT2D eigenvalue weighted by Gasteiger charge is 2.23. The molecule has 1 saturated heterocycles. The molecule has 0 bridgehead atoms. The van der Waals surface area contributed by atoms with Crippen molar-refractivity contribution in [1.29, 1.82) is 0 Å². The average Bonchev–Trinajstić information content (AvgIpc) is 3.52. The summed E-state index contributed by atoms with van der Waals surface area (Å²) < 4.78 is 12.7. The molecule has 10 heteroatoms. The largest absolute Gasteiger partial charge is 0.444 e. The van der Waals surface area contributed by atoms with Gasteiger partial charge in [0.2, 0.25) is 5.89 Å². The Balaban J connectivity index is 1.44. The molecule has 10 nitrogen and oxygen atoms in total. The van der Waals surface area contributed by atoms with Crippen LogP contribution in [0.1, 0.15) is 35.4 Å². The summed E-state index contributed by atoms with van der Waals surface area (Å²) in [6.07, 6.45) is 6.76. The Morgan fingerprint density at radius 1 is 1.28 bits per heavy atom. The molecule has 1 aliphatic heterocycles. The van der Waals surface area contributed by atoms with Gasteiger partial charge >= 0.3 is 0 Å². The zero-order valence-electron chi connectivity index (χ0n) is 20.5. The van der Waals surface area contributed by atoms with Gasteiger partial charge in [-0.05, 0) is 50.5 Å². The van der Waals surface area contributed by atoms with Crippen molar-refractivity contribution < 1.29 is 19.1 Å². The summed E-state index contributed by atoms with van der Waals surface area (Å²) in [7, 11) is 1.69. The standard InChI is InChI=1S/C26H30N6O4/c1-17-12-18(4-7-27-17)26-30-22(16-36-26)25(34)29-21-13-19-15-28-32(8-3-11-35-2)23(19)14-24(21)31-9-5-20(33)6-10-31/h4,7,12-16,20,33H,3,5-6,8-11H2,1-2H3,(H,29,34). The van der Waals surface area contributed by atoms with Crippen LogP contribution in [0.25, 0.3) is 22.4 Å². The minimum atomic E-state index is -0.360. The summed E-state index contributed by atoms with van der Waals surface area (Å²) in [6.45, 7) is 4.67. The number of pyridine rings is 1. The van der Waals surface area contributed by atoms with Crippen molar-refractivity contribution in [2.45, 2.75) is 38.8 Å². The van der Waals surface area contributed by atoms with Crippen molar-refractivity contribution in [3.05, 3.63) is 54.3 Å². The van der Waals surface area contributed by atoms with Crippen LogP contribution < -0.4 is 10.2 Å². The smallest absolute Gasteiger partial charge is 0.277 e. The van der Waals surface area contributed by atoms with E-state index in [4.69, 9.17) is 9.15 Å². The number of aliphatic hydroxyl groups excluding tert-OH is 1. The number of piperidine rings is 1. The monoisotopic (exact) mass is 490 g/mol. The molecule has 0 spiro atoms. The molecule has 36 heavy (non-hydrogen) atoms. The SMILES string of the molecule is COCCCn1ncc2cc(NC(=O)c3coc(-c4ccnc(C)c4)n3)c(N3CCC(O)CC3)cc21. The molecule has 188 valence electrons. The molecule has 1 aromatic carbocycles. The number of fused-ring (bicyclic) bond motifs is 1. The van der Waals surface area contributed by atoms with Crippen LogP contribution in [0.3, 0.4) is 0 Å². The van der Waals surface area contributed by atoms with E-state index in [0.717, 1.165) is 40.8 Å². The van der Waals surface area contributed by atoms with Crippen LogP contribution in [0.2, 0.25) is 0 Å². The number of benzene rings is 1. The number of aromatic nitrogens is 4. The molecule has 1 amide bonds. The van der Waals surface area contributed by atoms with E-state index in [1.807, 2.05) is 29.9 Å². The zero-order valence-corrected chi connectivity index (χ0v) is 20.5. The predicted molar refractivity (Wildman–Crippen MR) is 136 cm³/mol. The quantitative estimate of drug-likeness (QED) is 0.359. The van der Waals surface area contributed by atoms with Gasteiger partial charge in [-0.2, -0.15) is 5.10 Å². The molecule has 4 heterocycles. The number of amides is 1. The Kier molecular flexibility index (Phi) is 6.97. The second kappa shape index (κ2) is 10.5. The van der Waals surface area contributed by atoms with Gasteiger partial charge in [-0.3, -0.25) is 14.5 Å². The highest BCUT2D eigenvalue weighted by Crippen LogP contribution is 2.34. The topological polar surface area (TPSA) is 119 Å². The summed E-state index contributed by atoms with van der Waals surface area (Å²) in [5.41, 5.74) is 4.34. The van der Waals surface area contributed by atoms with E-state index in [9.17, 15) is 9.90 Å². The number of carbonyl (C=O) groups is 1. The van der Waals surface area contributed by atoms with Crippen molar-refractivity contribution in [1.82, 2.24) is 19.7 Å². The lowest BCUT2D eigenvalue weighted by Gasteiger charge is -2.33. The summed E-state index contributed by atoms with van der Waals surface area (Å²) in [5, 5.41) is 18.5. The van der Waals surface area contributed by atoms with Crippen molar-refractivity contribution in [3.8, 4) is 11.5 Å². The predicted octanol–water partition coefficient (Wildman–Crippen LogP) is 3.64. The number of nitrogens with zero attached hydrogens (tertiary/aromatic N) is 5. The highest BCUT2D eigenvalue weighted by atomic mass is 16.5. The lowest BCUT2D eigenvalue weighted by molar-refractivity contribution is 0.102. The zero-order chi connectivity index (χ0) is 25.1. The first-order valence-electron chi connectivity index (χ1n) is 12.1. The molecule has 0 radical (unpaired) electrons. The Bertz CT molecular complexity index is 1360. The van der Waals surface area contributed by atoms with Gasteiger partial charge in [-0.25, -0.2) is 4.98 Å². The van der Waals surface area contributed by atoms with E-state index >= 15 is 0 Å². The summed E-state index contributed by atoms with van der Waals surface area (Å²) in [4.78, 5) is 24.0. The van der Waals surface area contributed by atoms with Gasteiger partial charge in [0.05, 0.1) is 29.2 Å². The number of aryl methyl sites for hydroxylation is 2. The van der Waals surface area contributed by atoms with E-state index < -0.39 is 0 Å². The maximum atomic E-state index is 13.2. The second-order valence-corrected chi connectivity index (χ2v) is 9.04.